The lowest BCUT2D eigenvalue weighted by Gasteiger charge is -2.27. The van der Waals surface area contributed by atoms with Gasteiger partial charge in [-0.2, -0.15) is 0 Å². The van der Waals surface area contributed by atoms with Gasteiger partial charge in [0.2, 0.25) is 6.79 Å². The highest BCUT2D eigenvalue weighted by Gasteiger charge is 2.41. The Labute approximate surface area is 170 Å². The summed E-state index contributed by atoms with van der Waals surface area (Å²) in [6.45, 7) is 0.238. The Morgan fingerprint density at radius 3 is 2.81 bits per heavy atom. The van der Waals surface area contributed by atoms with Gasteiger partial charge < -0.3 is 19.7 Å². The molecule has 1 N–H and O–H groups in total. The minimum Gasteiger partial charge on any atom is -0.454 e. The smallest absolute Gasteiger partial charge is 0.231 e. The van der Waals surface area contributed by atoms with Crippen molar-refractivity contribution in [3.05, 3.63) is 69.6 Å². The normalized spacial score (nSPS) is 20.8. The van der Waals surface area contributed by atoms with Crippen molar-refractivity contribution in [3.63, 3.8) is 0 Å². The van der Waals surface area contributed by atoms with Crippen LogP contribution in [0.15, 0.2) is 54.7 Å². The molecule has 1 saturated heterocycles. The Morgan fingerprint density at radius 1 is 1.15 bits per heavy atom. The first-order valence-corrected chi connectivity index (χ1v) is 9.96. The predicted molar refractivity (Wildman–Crippen MR) is 110 cm³/mol. The second-order valence-corrected chi connectivity index (χ2v) is 8.31. The van der Waals surface area contributed by atoms with Crippen molar-refractivity contribution in [1.82, 2.24) is 10.3 Å². The van der Waals surface area contributed by atoms with E-state index in [0.717, 1.165) is 32.1 Å². The van der Waals surface area contributed by atoms with Crippen LogP contribution in [-0.2, 0) is 0 Å². The van der Waals surface area contributed by atoms with Gasteiger partial charge in [-0.05, 0) is 48.6 Å². The summed E-state index contributed by atoms with van der Waals surface area (Å²) in [5.41, 5.74) is 1.86. The van der Waals surface area contributed by atoms with Gasteiger partial charge in [0.15, 0.2) is 16.6 Å². The number of nitrogens with zero attached hydrogens (tertiary/aromatic N) is 2. The molecule has 3 aromatic rings. The van der Waals surface area contributed by atoms with Gasteiger partial charge in [-0.3, -0.25) is 4.98 Å². The molecule has 0 radical (unpaired) electrons. The van der Waals surface area contributed by atoms with Crippen molar-refractivity contribution in [1.29, 1.82) is 0 Å². The quantitative estimate of drug-likeness (QED) is 0.625. The van der Waals surface area contributed by atoms with Gasteiger partial charge in [0, 0.05) is 22.8 Å². The molecule has 136 valence electrons. The van der Waals surface area contributed by atoms with Gasteiger partial charge in [-0.15, -0.1) is 11.3 Å². The zero-order valence-corrected chi connectivity index (χ0v) is 16.4. The molecule has 5 rings (SSSR count). The van der Waals surface area contributed by atoms with Gasteiger partial charge in [0.25, 0.3) is 0 Å². The molecule has 2 aromatic heterocycles. The van der Waals surface area contributed by atoms with Crippen LogP contribution in [-0.4, -0.2) is 16.9 Å². The summed E-state index contributed by atoms with van der Waals surface area (Å²) in [4.78, 5) is 7.75. The maximum absolute atomic E-state index is 6.23. The highest BCUT2D eigenvalue weighted by molar-refractivity contribution is 7.80. The number of hydrogen-bond acceptors (Lipinski definition) is 5. The maximum Gasteiger partial charge on any atom is 0.231 e. The molecule has 0 amide bonds. The van der Waals surface area contributed by atoms with Crippen molar-refractivity contribution in [2.75, 3.05) is 11.7 Å². The molecule has 8 heteroatoms. The van der Waals surface area contributed by atoms with E-state index in [0.29, 0.717) is 5.11 Å². The Kier molecular flexibility index (Phi) is 4.15. The van der Waals surface area contributed by atoms with Crippen LogP contribution in [0.4, 0.5) is 5.69 Å². The highest BCUT2D eigenvalue weighted by atomic mass is 35.5. The van der Waals surface area contributed by atoms with Crippen molar-refractivity contribution < 1.29 is 9.47 Å². The van der Waals surface area contributed by atoms with Gasteiger partial charge in [0.05, 0.1) is 22.1 Å². The van der Waals surface area contributed by atoms with E-state index in [-0.39, 0.29) is 18.9 Å². The number of aromatic nitrogens is 1. The van der Waals surface area contributed by atoms with E-state index >= 15 is 0 Å². The lowest BCUT2D eigenvalue weighted by Crippen LogP contribution is -2.29. The van der Waals surface area contributed by atoms with Gasteiger partial charge >= 0.3 is 0 Å². The Hall–Kier alpha value is -2.35. The van der Waals surface area contributed by atoms with E-state index in [1.54, 1.807) is 17.5 Å². The molecule has 0 spiro atoms. The molecule has 2 aliphatic rings. The van der Waals surface area contributed by atoms with Gasteiger partial charge in [0.1, 0.15) is 0 Å². The van der Waals surface area contributed by atoms with Crippen LogP contribution in [0.25, 0.3) is 0 Å². The Bertz CT molecular complexity index is 1010. The minimum absolute atomic E-state index is 0.0646. The summed E-state index contributed by atoms with van der Waals surface area (Å²) in [6, 6.07) is 15.6. The van der Waals surface area contributed by atoms with Gasteiger partial charge in [-0.25, -0.2) is 0 Å². The van der Waals surface area contributed by atoms with Crippen LogP contribution in [0, 0.1) is 0 Å². The molecular weight excluding hydrogens is 402 g/mol. The number of rotatable bonds is 3. The number of thiocarbonyl (C=S) groups is 1. The summed E-state index contributed by atoms with van der Waals surface area (Å²) in [7, 11) is 0. The maximum atomic E-state index is 6.23. The van der Waals surface area contributed by atoms with Crippen molar-refractivity contribution >= 4 is 46.0 Å². The van der Waals surface area contributed by atoms with Crippen LogP contribution in [0.2, 0.25) is 4.34 Å². The van der Waals surface area contributed by atoms with Crippen molar-refractivity contribution in [2.24, 2.45) is 0 Å². The van der Waals surface area contributed by atoms with Crippen LogP contribution in [0.1, 0.15) is 22.7 Å². The summed E-state index contributed by atoms with van der Waals surface area (Å²) >= 11 is 13.5. The topological polar surface area (TPSA) is 46.6 Å². The fourth-order valence-electron chi connectivity index (χ4n) is 3.44. The second-order valence-electron chi connectivity index (χ2n) is 6.18. The third-order valence-electron chi connectivity index (χ3n) is 4.62. The summed E-state index contributed by atoms with van der Waals surface area (Å²) in [5, 5.41) is 4.07. The minimum atomic E-state index is -0.0844. The van der Waals surface area contributed by atoms with Crippen molar-refractivity contribution in [3.8, 4) is 11.5 Å². The molecule has 27 heavy (non-hydrogen) atoms. The summed E-state index contributed by atoms with van der Waals surface area (Å²) < 4.78 is 11.7. The number of benzene rings is 1. The fourth-order valence-corrected chi connectivity index (χ4v) is 4.98. The van der Waals surface area contributed by atoms with Gasteiger partial charge in [-0.1, -0.05) is 17.7 Å². The first kappa shape index (κ1) is 16.8. The fraction of sp³-hybridized carbons (Fsp3) is 0.158. The van der Waals surface area contributed by atoms with E-state index in [4.69, 9.17) is 33.3 Å². The zero-order chi connectivity index (χ0) is 18.4. The number of anilines is 1. The molecule has 4 heterocycles. The number of halogens is 1. The molecule has 0 aliphatic carbocycles. The first-order chi connectivity index (χ1) is 13.2. The average Bonchev–Trinajstić information content (AvgIpc) is 3.39. The lowest BCUT2D eigenvalue weighted by molar-refractivity contribution is 0.174. The predicted octanol–water partition coefficient (Wildman–Crippen LogP) is 4.70. The molecule has 5 nitrogen and oxygen atoms in total. The van der Waals surface area contributed by atoms with E-state index in [2.05, 4.69) is 15.2 Å². The number of pyridine rings is 1. The highest BCUT2D eigenvalue weighted by Crippen LogP contribution is 2.46. The lowest BCUT2D eigenvalue weighted by atomic mass is 10.0. The number of fused-ring (bicyclic) bond motifs is 1. The Balaban J connectivity index is 1.61. The number of nitrogens with one attached hydrogen (secondary N) is 1. The van der Waals surface area contributed by atoms with E-state index in [1.165, 1.54) is 0 Å². The standard InChI is InChI=1S/C19H14ClN3O2S2/c20-16-7-6-15(27-16)18-17(12-3-1-2-8-21-12)22-19(26)23(18)11-4-5-13-14(9-11)25-10-24-13/h1-9,17-18H,10H2,(H,22,26)/t17-,18+/m1/s1. The molecule has 1 fully saturated rings. The molecular formula is C19H14ClN3O2S2. The van der Waals surface area contributed by atoms with E-state index < -0.39 is 0 Å². The SMILES string of the molecule is S=C1N[C@H](c2ccccn2)[C@H](c2ccc(Cl)s2)N1c1ccc2c(c1)OCO2. The summed E-state index contributed by atoms with van der Waals surface area (Å²) in [5.74, 6) is 1.47. The van der Waals surface area contributed by atoms with E-state index in [9.17, 15) is 0 Å². The average molecular weight is 416 g/mol. The molecule has 1 aromatic carbocycles. The summed E-state index contributed by atoms with van der Waals surface area (Å²) in [6.07, 6.45) is 1.79. The molecule has 2 aliphatic heterocycles. The van der Waals surface area contributed by atoms with E-state index in [1.807, 2.05) is 48.5 Å². The second kappa shape index (κ2) is 6.67. The zero-order valence-electron chi connectivity index (χ0n) is 14.0. The van der Waals surface area contributed by atoms with Crippen LogP contribution < -0.4 is 19.7 Å². The number of ether oxygens (including phenoxy) is 2. The molecule has 0 saturated carbocycles. The largest absolute Gasteiger partial charge is 0.454 e. The Morgan fingerprint density at radius 2 is 2.04 bits per heavy atom. The third-order valence-corrected chi connectivity index (χ3v) is 6.23. The molecule has 0 unspecified atom stereocenters. The monoisotopic (exact) mass is 415 g/mol. The molecule has 0 bridgehead atoms. The first-order valence-electron chi connectivity index (χ1n) is 8.36. The van der Waals surface area contributed by atoms with Crippen LogP contribution in [0.3, 0.4) is 0 Å². The third kappa shape index (κ3) is 2.92. The van der Waals surface area contributed by atoms with Crippen molar-refractivity contribution in [2.45, 2.75) is 12.1 Å². The van der Waals surface area contributed by atoms with Crippen LogP contribution >= 0.6 is 35.2 Å². The molecule has 2 atom stereocenters. The number of hydrogen-bond donors (Lipinski definition) is 1. The van der Waals surface area contributed by atoms with Crippen LogP contribution in [0.5, 0.6) is 11.5 Å². The number of thiophene rings is 1.